The van der Waals surface area contributed by atoms with Crippen LogP contribution in [0.1, 0.15) is 19.8 Å². The van der Waals surface area contributed by atoms with Crippen LogP contribution in [-0.2, 0) is 4.79 Å². The first-order valence-electron chi connectivity index (χ1n) is 5.32. The van der Waals surface area contributed by atoms with E-state index in [1.165, 1.54) is 0 Å². The van der Waals surface area contributed by atoms with E-state index >= 15 is 0 Å². The molecule has 1 fully saturated rings. The fraction of sp³-hybridized carbons (Fsp3) is 0.417. The standard InChI is InChI=1S/C12H15NO2/c1-2-13(12(15)9-6-7-9)10-4-3-5-11(14)8-10/h3-5,8-9,14H,2,6-7H2,1H3. The number of phenolic OH excluding ortho intramolecular Hbond substituents is 1. The lowest BCUT2D eigenvalue weighted by molar-refractivity contribution is -0.119. The molecule has 0 bridgehead atoms. The number of benzene rings is 1. The van der Waals surface area contributed by atoms with Gasteiger partial charge in [-0.3, -0.25) is 4.79 Å². The second-order valence-electron chi connectivity index (χ2n) is 3.88. The van der Waals surface area contributed by atoms with E-state index in [4.69, 9.17) is 0 Å². The van der Waals surface area contributed by atoms with Gasteiger partial charge in [-0.05, 0) is 31.9 Å². The molecule has 3 nitrogen and oxygen atoms in total. The molecule has 1 amide bonds. The Hall–Kier alpha value is -1.51. The van der Waals surface area contributed by atoms with Crippen LogP contribution in [0.4, 0.5) is 5.69 Å². The van der Waals surface area contributed by atoms with E-state index in [0.717, 1.165) is 18.5 Å². The van der Waals surface area contributed by atoms with Gasteiger partial charge in [0.25, 0.3) is 0 Å². The van der Waals surface area contributed by atoms with Crippen LogP contribution in [0.2, 0.25) is 0 Å². The van der Waals surface area contributed by atoms with Gasteiger partial charge in [-0.1, -0.05) is 6.07 Å². The zero-order chi connectivity index (χ0) is 10.8. The lowest BCUT2D eigenvalue weighted by atomic mass is 10.2. The van der Waals surface area contributed by atoms with Crippen LogP contribution in [0.5, 0.6) is 5.75 Å². The van der Waals surface area contributed by atoms with E-state index in [2.05, 4.69) is 0 Å². The highest BCUT2D eigenvalue weighted by Gasteiger charge is 2.33. The Bertz CT molecular complexity index is 372. The molecule has 0 radical (unpaired) electrons. The molecule has 1 aromatic carbocycles. The van der Waals surface area contributed by atoms with E-state index in [0.29, 0.717) is 6.54 Å². The van der Waals surface area contributed by atoms with Crippen molar-refractivity contribution in [3.8, 4) is 5.75 Å². The van der Waals surface area contributed by atoms with Crippen LogP contribution >= 0.6 is 0 Å². The lowest BCUT2D eigenvalue weighted by Crippen LogP contribution is -2.31. The number of rotatable bonds is 3. The van der Waals surface area contributed by atoms with Crippen molar-refractivity contribution in [2.75, 3.05) is 11.4 Å². The van der Waals surface area contributed by atoms with Gasteiger partial charge < -0.3 is 10.0 Å². The molecule has 0 aliphatic heterocycles. The van der Waals surface area contributed by atoms with Crippen molar-refractivity contribution < 1.29 is 9.90 Å². The number of carbonyl (C=O) groups excluding carboxylic acids is 1. The van der Waals surface area contributed by atoms with Crippen LogP contribution in [0.3, 0.4) is 0 Å². The Morgan fingerprint density at radius 3 is 2.80 bits per heavy atom. The maximum absolute atomic E-state index is 11.9. The van der Waals surface area contributed by atoms with E-state index in [1.807, 2.05) is 13.0 Å². The minimum absolute atomic E-state index is 0.183. The molecule has 0 atom stereocenters. The molecule has 0 aromatic heterocycles. The van der Waals surface area contributed by atoms with Gasteiger partial charge in [0.05, 0.1) is 0 Å². The number of carbonyl (C=O) groups is 1. The molecule has 0 unspecified atom stereocenters. The molecule has 1 aliphatic carbocycles. The smallest absolute Gasteiger partial charge is 0.230 e. The number of amides is 1. The number of anilines is 1. The maximum Gasteiger partial charge on any atom is 0.230 e. The van der Waals surface area contributed by atoms with Crippen molar-refractivity contribution in [3.63, 3.8) is 0 Å². The number of nitrogens with zero attached hydrogens (tertiary/aromatic N) is 1. The molecule has 1 N–H and O–H groups in total. The third kappa shape index (κ3) is 2.12. The van der Waals surface area contributed by atoms with E-state index in [9.17, 15) is 9.90 Å². The molecule has 2 rings (SSSR count). The summed E-state index contributed by atoms with van der Waals surface area (Å²) in [5, 5.41) is 9.36. The minimum atomic E-state index is 0.183. The quantitative estimate of drug-likeness (QED) is 0.821. The molecule has 1 aliphatic rings. The summed E-state index contributed by atoms with van der Waals surface area (Å²) in [7, 11) is 0. The molecule has 80 valence electrons. The van der Waals surface area contributed by atoms with Crippen molar-refractivity contribution >= 4 is 11.6 Å². The maximum atomic E-state index is 11.9. The topological polar surface area (TPSA) is 40.5 Å². The molecular formula is C12H15NO2. The summed E-state index contributed by atoms with van der Waals surface area (Å²) in [4.78, 5) is 13.6. The largest absolute Gasteiger partial charge is 0.508 e. The van der Waals surface area contributed by atoms with Crippen molar-refractivity contribution in [2.24, 2.45) is 5.92 Å². The average Bonchev–Trinajstić information content (AvgIpc) is 3.02. The highest BCUT2D eigenvalue weighted by molar-refractivity contribution is 5.96. The Morgan fingerprint density at radius 2 is 2.27 bits per heavy atom. The van der Waals surface area contributed by atoms with E-state index < -0.39 is 0 Å². The van der Waals surface area contributed by atoms with Crippen LogP contribution in [-0.4, -0.2) is 17.6 Å². The molecule has 15 heavy (non-hydrogen) atoms. The molecule has 0 spiro atoms. The van der Waals surface area contributed by atoms with Gasteiger partial charge in [-0.25, -0.2) is 0 Å². The summed E-state index contributed by atoms with van der Waals surface area (Å²) in [5.41, 5.74) is 0.786. The molecule has 0 saturated heterocycles. The highest BCUT2D eigenvalue weighted by atomic mass is 16.3. The molecule has 0 heterocycles. The van der Waals surface area contributed by atoms with Crippen LogP contribution < -0.4 is 4.90 Å². The van der Waals surface area contributed by atoms with Crippen LogP contribution in [0.15, 0.2) is 24.3 Å². The van der Waals surface area contributed by atoms with Gasteiger partial charge in [0.15, 0.2) is 0 Å². The number of hydrogen-bond donors (Lipinski definition) is 1. The normalized spacial score (nSPS) is 15.0. The van der Waals surface area contributed by atoms with Crippen LogP contribution in [0, 0.1) is 5.92 Å². The number of phenols is 1. The first-order chi connectivity index (χ1) is 7.22. The number of aromatic hydroxyl groups is 1. The van der Waals surface area contributed by atoms with Gasteiger partial charge in [0.1, 0.15) is 5.75 Å². The Labute approximate surface area is 89.3 Å². The minimum Gasteiger partial charge on any atom is -0.508 e. The first kappa shape index (κ1) is 10.0. The molecule has 3 heteroatoms. The van der Waals surface area contributed by atoms with E-state index in [1.54, 1.807) is 23.1 Å². The SMILES string of the molecule is CCN(C(=O)C1CC1)c1cccc(O)c1. The first-order valence-corrected chi connectivity index (χ1v) is 5.32. The van der Waals surface area contributed by atoms with Crippen molar-refractivity contribution in [1.29, 1.82) is 0 Å². The third-order valence-electron chi connectivity index (χ3n) is 2.65. The van der Waals surface area contributed by atoms with Crippen molar-refractivity contribution in [1.82, 2.24) is 0 Å². The third-order valence-corrected chi connectivity index (χ3v) is 2.65. The monoisotopic (exact) mass is 205 g/mol. The fourth-order valence-electron chi connectivity index (χ4n) is 1.68. The second kappa shape index (κ2) is 3.93. The zero-order valence-corrected chi connectivity index (χ0v) is 8.81. The summed E-state index contributed by atoms with van der Waals surface area (Å²) < 4.78 is 0. The predicted molar refractivity (Wildman–Crippen MR) is 58.9 cm³/mol. The van der Waals surface area contributed by atoms with Crippen molar-refractivity contribution in [3.05, 3.63) is 24.3 Å². The van der Waals surface area contributed by atoms with Crippen molar-refractivity contribution in [2.45, 2.75) is 19.8 Å². The second-order valence-corrected chi connectivity index (χ2v) is 3.88. The summed E-state index contributed by atoms with van der Waals surface area (Å²) in [6.45, 7) is 2.60. The summed E-state index contributed by atoms with van der Waals surface area (Å²) >= 11 is 0. The van der Waals surface area contributed by atoms with Gasteiger partial charge in [-0.2, -0.15) is 0 Å². The predicted octanol–water partition coefficient (Wildman–Crippen LogP) is 2.16. The Balaban J connectivity index is 2.21. The summed E-state index contributed by atoms with van der Waals surface area (Å²) in [6, 6.07) is 6.85. The fourth-order valence-corrected chi connectivity index (χ4v) is 1.68. The average molecular weight is 205 g/mol. The molecular weight excluding hydrogens is 190 g/mol. The summed E-state index contributed by atoms with van der Waals surface area (Å²) in [5.74, 6) is 0.602. The van der Waals surface area contributed by atoms with Gasteiger partial charge in [0, 0.05) is 24.2 Å². The van der Waals surface area contributed by atoms with Crippen LogP contribution in [0.25, 0.3) is 0 Å². The lowest BCUT2D eigenvalue weighted by Gasteiger charge is -2.20. The number of hydrogen-bond acceptors (Lipinski definition) is 2. The molecule has 1 aromatic rings. The Morgan fingerprint density at radius 1 is 1.53 bits per heavy atom. The van der Waals surface area contributed by atoms with E-state index in [-0.39, 0.29) is 17.6 Å². The highest BCUT2D eigenvalue weighted by Crippen LogP contribution is 2.33. The van der Waals surface area contributed by atoms with Gasteiger partial charge >= 0.3 is 0 Å². The van der Waals surface area contributed by atoms with Gasteiger partial charge in [-0.15, -0.1) is 0 Å². The Kier molecular flexibility index (Phi) is 2.62. The molecule has 1 saturated carbocycles. The zero-order valence-electron chi connectivity index (χ0n) is 8.81. The summed E-state index contributed by atoms with van der Waals surface area (Å²) in [6.07, 6.45) is 2.02. The van der Waals surface area contributed by atoms with Gasteiger partial charge in [0.2, 0.25) is 5.91 Å².